The van der Waals surface area contributed by atoms with Gasteiger partial charge in [0.05, 0.1) is 6.26 Å². The van der Waals surface area contributed by atoms with Crippen LogP contribution >= 0.6 is 0 Å². The molecule has 8 heteroatoms. The molecule has 0 atom stereocenters. The molecule has 0 bridgehead atoms. The number of ether oxygens (including phenoxy) is 1. The van der Waals surface area contributed by atoms with Crippen LogP contribution < -0.4 is 15.6 Å². The summed E-state index contributed by atoms with van der Waals surface area (Å²) in [7, 11) is 0. The highest BCUT2D eigenvalue weighted by Crippen LogP contribution is 2.19. The molecule has 0 fully saturated rings. The summed E-state index contributed by atoms with van der Waals surface area (Å²) < 4.78 is 10.7. The molecule has 0 unspecified atom stereocenters. The maximum atomic E-state index is 12.0. The molecule has 8 nitrogen and oxygen atoms in total. The number of aromatic nitrogens is 2. The lowest BCUT2D eigenvalue weighted by atomic mass is 10.1. The molecule has 0 aliphatic rings. The molecule has 2 heterocycles. The highest BCUT2D eigenvalue weighted by atomic mass is 16.5. The van der Waals surface area contributed by atoms with Crippen LogP contribution in [0.15, 0.2) is 47.1 Å². The molecule has 0 saturated heterocycles. The van der Waals surface area contributed by atoms with Crippen LogP contribution in [0.3, 0.4) is 0 Å². The maximum absolute atomic E-state index is 12.0. The van der Waals surface area contributed by atoms with Crippen molar-refractivity contribution in [2.45, 2.75) is 13.8 Å². The molecule has 3 aromatic rings. The predicted octanol–water partition coefficient (Wildman–Crippen LogP) is 2.13. The molecule has 0 aliphatic carbocycles. The van der Waals surface area contributed by atoms with E-state index in [1.165, 1.54) is 12.3 Å². The zero-order chi connectivity index (χ0) is 18.5. The minimum absolute atomic E-state index is 0.118. The van der Waals surface area contributed by atoms with E-state index in [1.807, 2.05) is 32.0 Å². The molecular formula is C18H18N4O4. The second kappa shape index (κ2) is 7.56. The van der Waals surface area contributed by atoms with Gasteiger partial charge in [-0.1, -0.05) is 12.1 Å². The second-order valence-corrected chi connectivity index (χ2v) is 5.70. The van der Waals surface area contributed by atoms with Crippen LogP contribution in [-0.4, -0.2) is 28.6 Å². The van der Waals surface area contributed by atoms with Crippen molar-refractivity contribution in [1.29, 1.82) is 0 Å². The summed E-state index contributed by atoms with van der Waals surface area (Å²) in [5.74, 6) is 0.143. The van der Waals surface area contributed by atoms with Gasteiger partial charge in [-0.05, 0) is 43.2 Å². The minimum Gasteiger partial charge on any atom is -0.483 e. The fourth-order valence-corrected chi connectivity index (χ4v) is 2.23. The SMILES string of the molecule is Cc1ccc(C)c(OCC(=O)NNC(=O)c2cc(-c3ccco3)[nH]n2)c1. The molecule has 0 spiro atoms. The normalized spacial score (nSPS) is 10.4. The predicted molar refractivity (Wildman–Crippen MR) is 93.3 cm³/mol. The van der Waals surface area contributed by atoms with E-state index in [2.05, 4.69) is 21.0 Å². The Morgan fingerprint density at radius 3 is 2.81 bits per heavy atom. The standard InChI is InChI=1S/C18H18N4O4/c1-11-5-6-12(2)16(8-11)26-10-17(23)21-22-18(24)14-9-13(19-20-14)15-4-3-7-25-15/h3-9H,10H2,1-2H3,(H,19,20)(H,21,23)(H,22,24). The molecule has 2 amide bonds. The third-order valence-corrected chi connectivity index (χ3v) is 3.61. The summed E-state index contributed by atoms with van der Waals surface area (Å²) in [4.78, 5) is 23.9. The number of nitrogens with one attached hydrogen (secondary N) is 3. The average Bonchev–Trinajstić information content (AvgIpc) is 3.31. The number of furan rings is 1. The molecule has 2 aromatic heterocycles. The number of rotatable bonds is 5. The fraction of sp³-hybridized carbons (Fsp3) is 0.167. The molecule has 134 valence electrons. The van der Waals surface area contributed by atoms with Gasteiger partial charge in [0.1, 0.15) is 11.4 Å². The van der Waals surface area contributed by atoms with E-state index in [-0.39, 0.29) is 12.3 Å². The number of aromatic amines is 1. The molecule has 0 saturated carbocycles. The van der Waals surface area contributed by atoms with E-state index in [0.29, 0.717) is 17.2 Å². The Labute approximate surface area is 149 Å². The topological polar surface area (TPSA) is 109 Å². The minimum atomic E-state index is -0.556. The number of carbonyl (C=O) groups excluding carboxylic acids is 2. The van der Waals surface area contributed by atoms with Gasteiger partial charge in [-0.3, -0.25) is 25.5 Å². The average molecular weight is 354 g/mol. The number of hydrogen-bond acceptors (Lipinski definition) is 5. The van der Waals surface area contributed by atoms with Crippen molar-refractivity contribution in [2.75, 3.05) is 6.61 Å². The summed E-state index contributed by atoms with van der Waals surface area (Å²) in [5, 5.41) is 6.58. The molecule has 0 radical (unpaired) electrons. The van der Waals surface area contributed by atoms with Crippen molar-refractivity contribution in [3.63, 3.8) is 0 Å². The third-order valence-electron chi connectivity index (χ3n) is 3.61. The van der Waals surface area contributed by atoms with Gasteiger partial charge in [0, 0.05) is 6.07 Å². The Balaban J connectivity index is 1.50. The lowest BCUT2D eigenvalue weighted by molar-refractivity contribution is -0.123. The van der Waals surface area contributed by atoms with Crippen LogP contribution in [0.2, 0.25) is 0 Å². The smallest absolute Gasteiger partial charge is 0.290 e. The van der Waals surface area contributed by atoms with Crippen molar-refractivity contribution in [3.8, 4) is 17.2 Å². The van der Waals surface area contributed by atoms with E-state index in [9.17, 15) is 9.59 Å². The number of amides is 2. The van der Waals surface area contributed by atoms with E-state index in [4.69, 9.17) is 9.15 Å². The van der Waals surface area contributed by atoms with Crippen LogP contribution in [0.4, 0.5) is 0 Å². The lowest BCUT2D eigenvalue weighted by Crippen LogP contribution is -2.44. The first kappa shape index (κ1) is 17.3. The Bertz CT molecular complexity index is 915. The second-order valence-electron chi connectivity index (χ2n) is 5.70. The van der Waals surface area contributed by atoms with Gasteiger partial charge in [-0.15, -0.1) is 0 Å². The Hall–Kier alpha value is -3.55. The molecule has 26 heavy (non-hydrogen) atoms. The number of benzene rings is 1. The molecular weight excluding hydrogens is 336 g/mol. The molecule has 0 aliphatic heterocycles. The molecule has 3 N–H and O–H groups in total. The van der Waals surface area contributed by atoms with Crippen LogP contribution in [-0.2, 0) is 4.79 Å². The Morgan fingerprint density at radius 2 is 2.04 bits per heavy atom. The van der Waals surface area contributed by atoms with Crippen molar-refractivity contribution >= 4 is 11.8 Å². The van der Waals surface area contributed by atoms with E-state index in [0.717, 1.165) is 11.1 Å². The van der Waals surface area contributed by atoms with Gasteiger partial charge in [0.15, 0.2) is 18.1 Å². The number of hydrazine groups is 1. The Morgan fingerprint density at radius 1 is 1.19 bits per heavy atom. The van der Waals surface area contributed by atoms with Gasteiger partial charge in [0.25, 0.3) is 11.8 Å². The van der Waals surface area contributed by atoms with Gasteiger partial charge >= 0.3 is 0 Å². The van der Waals surface area contributed by atoms with Crippen LogP contribution in [0.5, 0.6) is 5.75 Å². The largest absolute Gasteiger partial charge is 0.483 e. The van der Waals surface area contributed by atoms with E-state index >= 15 is 0 Å². The van der Waals surface area contributed by atoms with Gasteiger partial charge in [-0.2, -0.15) is 5.10 Å². The fourth-order valence-electron chi connectivity index (χ4n) is 2.23. The highest BCUT2D eigenvalue weighted by Gasteiger charge is 2.14. The first-order valence-electron chi connectivity index (χ1n) is 7.91. The van der Waals surface area contributed by atoms with E-state index < -0.39 is 11.8 Å². The number of hydrogen-bond donors (Lipinski definition) is 3. The highest BCUT2D eigenvalue weighted by molar-refractivity contribution is 5.94. The number of nitrogens with zero attached hydrogens (tertiary/aromatic N) is 1. The monoisotopic (exact) mass is 354 g/mol. The molecule has 1 aromatic carbocycles. The van der Waals surface area contributed by atoms with Crippen molar-refractivity contribution in [1.82, 2.24) is 21.0 Å². The van der Waals surface area contributed by atoms with Gasteiger partial charge in [-0.25, -0.2) is 0 Å². The molecule has 3 rings (SSSR count). The first-order valence-corrected chi connectivity index (χ1v) is 7.91. The zero-order valence-electron chi connectivity index (χ0n) is 14.3. The van der Waals surface area contributed by atoms with Gasteiger partial charge < -0.3 is 9.15 Å². The van der Waals surface area contributed by atoms with E-state index in [1.54, 1.807) is 12.1 Å². The van der Waals surface area contributed by atoms with Crippen molar-refractivity contribution in [3.05, 3.63) is 59.5 Å². The zero-order valence-corrected chi connectivity index (χ0v) is 14.3. The maximum Gasteiger partial charge on any atom is 0.290 e. The lowest BCUT2D eigenvalue weighted by Gasteiger charge is -2.10. The van der Waals surface area contributed by atoms with Crippen LogP contribution in [0, 0.1) is 13.8 Å². The number of carbonyl (C=O) groups is 2. The van der Waals surface area contributed by atoms with Crippen molar-refractivity contribution < 1.29 is 18.7 Å². The number of aryl methyl sites for hydroxylation is 2. The van der Waals surface area contributed by atoms with Crippen LogP contribution in [0.1, 0.15) is 21.6 Å². The summed E-state index contributed by atoms with van der Waals surface area (Å²) in [5.41, 5.74) is 7.21. The summed E-state index contributed by atoms with van der Waals surface area (Å²) in [6.45, 7) is 3.61. The van der Waals surface area contributed by atoms with Gasteiger partial charge in [0.2, 0.25) is 0 Å². The van der Waals surface area contributed by atoms with Crippen LogP contribution in [0.25, 0.3) is 11.5 Å². The summed E-state index contributed by atoms with van der Waals surface area (Å²) in [6, 6.07) is 10.7. The Kier molecular flexibility index (Phi) is 5.02. The third kappa shape index (κ3) is 4.10. The number of H-pyrrole nitrogens is 1. The first-order chi connectivity index (χ1) is 12.5. The van der Waals surface area contributed by atoms with Crippen molar-refractivity contribution in [2.24, 2.45) is 0 Å². The summed E-state index contributed by atoms with van der Waals surface area (Å²) >= 11 is 0. The quantitative estimate of drug-likeness (QED) is 0.608. The summed E-state index contributed by atoms with van der Waals surface area (Å²) in [6.07, 6.45) is 1.52.